The number of nitrogens with zero attached hydrogens (tertiary/aromatic N) is 4. The summed E-state index contributed by atoms with van der Waals surface area (Å²) < 4.78 is 2.95. The van der Waals surface area contributed by atoms with E-state index < -0.39 is 0 Å². The second kappa shape index (κ2) is 10.6. The fourth-order valence-corrected chi connectivity index (χ4v) is 4.58. The predicted octanol–water partition coefficient (Wildman–Crippen LogP) is 3.37. The van der Waals surface area contributed by atoms with E-state index in [0.29, 0.717) is 17.9 Å². The van der Waals surface area contributed by atoms with E-state index in [4.69, 9.17) is 0 Å². The Kier molecular flexibility index (Phi) is 6.90. The molecule has 0 spiro atoms. The van der Waals surface area contributed by atoms with Crippen LogP contribution in [0.1, 0.15) is 24.0 Å². The van der Waals surface area contributed by atoms with Crippen molar-refractivity contribution in [2.75, 3.05) is 25.0 Å². The third kappa shape index (κ3) is 5.78. The summed E-state index contributed by atoms with van der Waals surface area (Å²) >= 11 is 0. The Balaban J connectivity index is 1.11. The van der Waals surface area contributed by atoms with Crippen LogP contribution in [0.2, 0.25) is 0 Å². The number of hydrogen-bond acceptors (Lipinski definition) is 4. The zero-order chi connectivity index (χ0) is 24.0. The molecular weight excluding hydrogens is 440 g/mol. The molecule has 35 heavy (non-hydrogen) atoms. The number of pyridine rings is 1. The summed E-state index contributed by atoms with van der Waals surface area (Å²) in [7, 11) is 0. The summed E-state index contributed by atoms with van der Waals surface area (Å²) in [5, 5.41) is 10.4. The highest BCUT2D eigenvalue weighted by Gasteiger charge is 2.20. The molecule has 2 N–H and O–H groups in total. The lowest BCUT2D eigenvalue weighted by Gasteiger charge is -2.32. The minimum Gasteiger partial charge on any atom is -0.335 e. The number of hydrogen-bond donors (Lipinski definition) is 2. The molecule has 2 aromatic carbocycles. The van der Waals surface area contributed by atoms with E-state index in [1.165, 1.54) is 14.6 Å². The lowest BCUT2D eigenvalue weighted by atomic mass is 10.0. The minimum atomic E-state index is -0.199. The first-order valence-corrected chi connectivity index (χ1v) is 12.1. The maximum Gasteiger partial charge on any atom is 0.350 e. The summed E-state index contributed by atoms with van der Waals surface area (Å²) in [6.45, 7) is 3.35. The van der Waals surface area contributed by atoms with Crippen molar-refractivity contribution in [2.45, 2.75) is 31.8 Å². The number of benzene rings is 2. The van der Waals surface area contributed by atoms with E-state index >= 15 is 0 Å². The van der Waals surface area contributed by atoms with Gasteiger partial charge in [0, 0.05) is 37.6 Å². The average Bonchev–Trinajstić information content (AvgIpc) is 3.19. The van der Waals surface area contributed by atoms with E-state index in [2.05, 4.69) is 44.9 Å². The molecule has 0 unspecified atom stereocenters. The summed E-state index contributed by atoms with van der Waals surface area (Å²) in [6, 6.07) is 23.5. The monoisotopic (exact) mass is 470 g/mol. The second-order valence-corrected chi connectivity index (χ2v) is 9.02. The summed E-state index contributed by atoms with van der Waals surface area (Å²) in [5.74, 6) is 0. The fraction of sp³-hybridized carbons (Fsp3) is 0.296. The molecule has 0 radical (unpaired) electrons. The highest BCUT2D eigenvalue weighted by molar-refractivity contribution is 5.89. The number of likely N-dealkylation sites (tertiary alicyclic amines) is 1. The fourth-order valence-electron chi connectivity index (χ4n) is 4.58. The van der Waals surface area contributed by atoms with Crippen molar-refractivity contribution in [1.29, 1.82) is 0 Å². The number of carbonyl (C=O) groups is 1. The average molecular weight is 471 g/mol. The largest absolute Gasteiger partial charge is 0.350 e. The number of aromatic nitrogens is 3. The number of fused-ring (bicyclic) bond motifs is 1. The Morgan fingerprint density at radius 2 is 1.71 bits per heavy atom. The number of urea groups is 1. The summed E-state index contributed by atoms with van der Waals surface area (Å²) in [5.41, 5.74) is 3.36. The number of carbonyl (C=O) groups excluding carboxylic acids is 1. The van der Waals surface area contributed by atoms with Crippen LogP contribution in [0.25, 0.3) is 5.65 Å². The molecule has 2 aromatic heterocycles. The zero-order valence-corrected chi connectivity index (χ0v) is 19.6. The molecule has 0 saturated carbocycles. The normalized spacial score (nSPS) is 14.7. The van der Waals surface area contributed by atoms with Crippen LogP contribution in [0.5, 0.6) is 0 Å². The zero-order valence-electron chi connectivity index (χ0n) is 19.6. The first kappa shape index (κ1) is 22.9. The van der Waals surface area contributed by atoms with Gasteiger partial charge in [0.2, 0.25) is 0 Å². The number of rotatable bonds is 7. The van der Waals surface area contributed by atoms with Crippen molar-refractivity contribution in [3.63, 3.8) is 0 Å². The molecule has 0 aliphatic carbocycles. The Morgan fingerprint density at radius 1 is 0.943 bits per heavy atom. The van der Waals surface area contributed by atoms with Crippen molar-refractivity contribution in [3.05, 3.63) is 101 Å². The van der Waals surface area contributed by atoms with Crippen LogP contribution in [0.15, 0.2) is 83.8 Å². The first-order chi connectivity index (χ1) is 17.1. The number of nitrogens with one attached hydrogen (secondary N) is 2. The van der Waals surface area contributed by atoms with Crippen LogP contribution in [0.4, 0.5) is 10.5 Å². The molecule has 1 fully saturated rings. The van der Waals surface area contributed by atoms with E-state index in [-0.39, 0.29) is 17.8 Å². The third-order valence-corrected chi connectivity index (χ3v) is 6.49. The van der Waals surface area contributed by atoms with Gasteiger partial charge in [0.25, 0.3) is 0 Å². The van der Waals surface area contributed by atoms with Crippen molar-refractivity contribution < 1.29 is 4.79 Å². The molecule has 8 heteroatoms. The second-order valence-electron chi connectivity index (χ2n) is 9.02. The van der Waals surface area contributed by atoms with Crippen molar-refractivity contribution in [3.8, 4) is 0 Å². The molecular formula is C27H30N6O2. The Morgan fingerprint density at radius 3 is 2.51 bits per heavy atom. The number of piperidine rings is 1. The van der Waals surface area contributed by atoms with Crippen LogP contribution < -0.4 is 16.3 Å². The molecule has 5 rings (SSSR count). The molecule has 0 atom stereocenters. The van der Waals surface area contributed by atoms with Gasteiger partial charge in [0.05, 0.1) is 6.54 Å². The van der Waals surface area contributed by atoms with Gasteiger partial charge in [-0.2, -0.15) is 0 Å². The molecule has 0 bridgehead atoms. The minimum absolute atomic E-state index is 0.169. The molecule has 1 aliphatic heterocycles. The van der Waals surface area contributed by atoms with Gasteiger partial charge in [0.15, 0.2) is 5.65 Å². The van der Waals surface area contributed by atoms with Gasteiger partial charge in [-0.25, -0.2) is 14.3 Å². The Hall–Kier alpha value is -3.91. The third-order valence-electron chi connectivity index (χ3n) is 6.49. The highest BCUT2D eigenvalue weighted by atomic mass is 16.2. The topological polar surface area (TPSA) is 83.7 Å². The van der Waals surface area contributed by atoms with Gasteiger partial charge < -0.3 is 15.5 Å². The molecule has 3 heterocycles. The molecule has 1 aliphatic rings. The van der Waals surface area contributed by atoms with Crippen molar-refractivity contribution in [1.82, 2.24) is 24.4 Å². The number of anilines is 1. The van der Waals surface area contributed by atoms with Gasteiger partial charge in [-0.15, -0.1) is 5.10 Å². The maximum absolute atomic E-state index is 12.6. The molecule has 8 nitrogen and oxygen atoms in total. The van der Waals surface area contributed by atoms with Gasteiger partial charge in [-0.05, 0) is 54.7 Å². The molecule has 2 amide bonds. The van der Waals surface area contributed by atoms with Crippen molar-refractivity contribution in [2.24, 2.45) is 0 Å². The predicted molar refractivity (Wildman–Crippen MR) is 137 cm³/mol. The first-order valence-electron chi connectivity index (χ1n) is 12.1. The quantitative estimate of drug-likeness (QED) is 0.434. The van der Waals surface area contributed by atoms with Gasteiger partial charge in [-0.1, -0.05) is 48.5 Å². The summed E-state index contributed by atoms with van der Waals surface area (Å²) in [6.07, 6.45) is 4.65. The van der Waals surface area contributed by atoms with Crippen LogP contribution in [0.3, 0.4) is 0 Å². The van der Waals surface area contributed by atoms with Gasteiger partial charge in [-0.3, -0.25) is 4.40 Å². The maximum atomic E-state index is 12.6. The van der Waals surface area contributed by atoms with Gasteiger partial charge in [0.1, 0.15) is 0 Å². The van der Waals surface area contributed by atoms with E-state index in [9.17, 15) is 9.59 Å². The van der Waals surface area contributed by atoms with Gasteiger partial charge >= 0.3 is 11.7 Å². The lowest BCUT2D eigenvalue weighted by Crippen LogP contribution is -2.46. The van der Waals surface area contributed by atoms with Crippen molar-refractivity contribution >= 4 is 17.4 Å². The highest BCUT2D eigenvalue weighted by Crippen LogP contribution is 2.14. The van der Waals surface area contributed by atoms with Crippen LogP contribution in [-0.4, -0.2) is 50.8 Å². The summed E-state index contributed by atoms with van der Waals surface area (Å²) in [4.78, 5) is 27.6. The van der Waals surface area contributed by atoms with Crippen LogP contribution >= 0.6 is 0 Å². The smallest absolute Gasteiger partial charge is 0.335 e. The molecule has 180 valence electrons. The van der Waals surface area contributed by atoms with E-state index in [1.807, 2.05) is 36.4 Å². The lowest BCUT2D eigenvalue weighted by molar-refractivity contribution is 0.197. The Bertz CT molecular complexity index is 1340. The van der Waals surface area contributed by atoms with E-state index in [0.717, 1.165) is 44.5 Å². The van der Waals surface area contributed by atoms with Crippen LogP contribution in [-0.2, 0) is 13.0 Å². The SMILES string of the molecule is O=C(Nc1cccc(Cn2nc3ccccn3c2=O)c1)NC1CCN(CCc2ccccc2)CC1. The standard InChI is InChI=1S/C27H30N6O2/c34-26(28-23-13-17-31(18-14-23)16-12-21-7-2-1-3-8-21)29-24-10-6-9-22(19-24)20-33-27(35)32-15-5-4-11-25(32)30-33/h1-11,15,19,23H,12-14,16-18,20H2,(H2,28,29,34). The Labute approximate surface area is 204 Å². The van der Waals surface area contributed by atoms with Crippen LogP contribution in [0, 0.1) is 0 Å². The molecule has 4 aromatic rings. The number of amides is 2. The molecule has 1 saturated heterocycles. The van der Waals surface area contributed by atoms with E-state index in [1.54, 1.807) is 18.3 Å².